The molecule has 5 heteroatoms. The number of anilines is 1. The van der Waals surface area contributed by atoms with E-state index in [0.29, 0.717) is 17.7 Å². The fourth-order valence-electron chi connectivity index (χ4n) is 1.29. The molecule has 0 fully saturated rings. The van der Waals surface area contributed by atoms with Gasteiger partial charge in [0.1, 0.15) is 6.42 Å². The van der Waals surface area contributed by atoms with Gasteiger partial charge >= 0.3 is 5.97 Å². The maximum absolute atomic E-state index is 11.6. The summed E-state index contributed by atoms with van der Waals surface area (Å²) in [7, 11) is 1.24. The van der Waals surface area contributed by atoms with Gasteiger partial charge in [0.05, 0.1) is 7.11 Å². The molecule has 1 aromatic carbocycles. The number of methoxy groups -OCH3 is 1. The molecule has 18 heavy (non-hydrogen) atoms. The van der Waals surface area contributed by atoms with Gasteiger partial charge in [-0.15, -0.1) is 0 Å². The van der Waals surface area contributed by atoms with Crippen molar-refractivity contribution in [3.05, 3.63) is 29.8 Å². The first-order valence-electron chi connectivity index (χ1n) is 5.56. The number of esters is 1. The summed E-state index contributed by atoms with van der Waals surface area (Å²) >= 11 is 0. The van der Waals surface area contributed by atoms with Crippen LogP contribution in [0.1, 0.15) is 30.1 Å². The summed E-state index contributed by atoms with van der Waals surface area (Å²) in [5, 5.41) is 2.67. The quantitative estimate of drug-likeness (QED) is 0.490. The SMILES string of the molecule is CCC(=O)Nc1ccc(C(=O)CC(=O)OC)cc1. The van der Waals surface area contributed by atoms with Gasteiger partial charge in [-0.05, 0) is 24.3 Å². The zero-order chi connectivity index (χ0) is 13.5. The molecule has 0 saturated heterocycles. The van der Waals surface area contributed by atoms with E-state index in [1.807, 2.05) is 0 Å². The Kier molecular flexibility index (Phi) is 5.05. The number of rotatable bonds is 5. The van der Waals surface area contributed by atoms with Gasteiger partial charge in [0.15, 0.2) is 5.78 Å². The van der Waals surface area contributed by atoms with Crippen molar-refractivity contribution in [3.8, 4) is 0 Å². The smallest absolute Gasteiger partial charge is 0.313 e. The van der Waals surface area contributed by atoms with Gasteiger partial charge in [0.25, 0.3) is 0 Å². The van der Waals surface area contributed by atoms with Gasteiger partial charge in [-0.1, -0.05) is 6.92 Å². The van der Waals surface area contributed by atoms with Gasteiger partial charge in [0, 0.05) is 17.7 Å². The molecule has 0 aliphatic heterocycles. The second kappa shape index (κ2) is 6.54. The highest BCUT2D eigenvalue weighted by molar-refractivity contribution is 6.06. The van der Waals surface area contributed by atoms with Gasteiger partial charge in [-0.25, -0.2) is 0 Å². The molecule has 0 bridgehead atoms. The van der Waals surface area contributed by atoms with Crippen LogP contribution in [0.5, 0.6) is 0 Å². The lowest BCUT2D eigenvalue weighted by Crippen LogP contribution is -2.11. The van der Waals surface area contributed by atoms with E-state index in [-0.39, 0.29) is 18.1 Å². The van der Waals surface area contributed by atoms with E-state index in [0.717, 1.165) is 0 Å². The number of Topliss-reactive ketones (excluding diaryl/α,β-unsaturated/α-hetero) is 1. The first-order chi connectivity index (χ1) is 8.56. The Balaban J connectivity index is 2.67. The van der Waals surface area contributed by atoms with Crippen molar-refractivity contribution < 1.29 is 19.1 Å². The fourth-order valence-corrected chi connectivity index (χ4v) is 1.29. The molecule has 0 aromatic heterocycles. The minimum absolute atomic E-state index is 0.0939. The number of hydrogen-bond acceptors (Lipinski definition) is 4. The van der Waals surface area contributed by atoms with Crippen LogP contribution < -0.4 is 5.32 Å². The maximum Gasteiger partial charge on any atom is 0.313 e. The maximum atomic E-state index is 11.6. The molecule has 96 valence electrons. The summed E-state index contributed by atoms with van der Waals surface area (Å²) in [5.41, 5.74) is 1.03. The lowest BCUT2D eigenvalue weighted by Gasteiger charge is -2.04. The van der Waals surface area contributed by atoms with Crippen LogP contribution in [0.15, 0.2) is 24.3 Å². The standard InChI is InChI=1S/C13H15NO4/c1-3-12(16)14-10-6-4-9(5-7-10)11(15)8-13(17)18-2/h4-7H,3,8H2,1-2H3,(H,14,16). The second-order valence-electron chi connectivity index (χ2n) is 3.66. The topological polar surface area (TPSA) is 72.5 Å². The van der Waals surface area contributed by atoms with Crippen molar-refractivity contribution in [2.24, 2.45) is 0 Å². The van der Waals surface area contributed by atoms with E-state index >= 15 is 0 Å². The van der Waals surface area contributed by atoms with Gasteiger partial charge in [-0.2, -0.15) is 0 Å². The Morgan fingerprint density at radius 2 is 1.78 bits per heavy atom. The Bertz CT molecular complexity index is 451. The molecule has 0 atom stereocenters. The van der Waals surface area contributed by atoms with Gasteiger partial charge in [-0.3, -0.25) is 14.4 Å². The number of carbonyl (C=O) groups is 3. The second-order valence-corrected chi connectivity index (χ2v) is 3.66. The molecule has 0 aliphatic rings. The minimum atomic E-state index is -0.566. The third-order valence-electron chi connectivity index (χ3n) is 2.34. The van der Waals surface area contributed by atoms with Crippen molar-refractivity contribution >= 4 is 23.3 Å². The summed E-state index contributed by atoms with van der Waals surface area (Å²) in [5.74, 6) is -0.970. The van der Waals surface area contributed by atoms with Crippen LogP contribution in [-0.2, 0) is 14.3 Å². The van der Waals surface area contributed by atoms with Gasteiger partial charge < -0.3 is 10.1 Å². The highest BCUT2D eigenvalue weighted by Gasteiger charge is 2.11. The predicted molar refractivity (Wildman–Crippen MR) is 66.3 cm³/mol. The van der Waals surface area contributed by atoms with Crippen LogP contribution in [0.4, 0.5) is 5.69 Å². The molecule has 0 unspecified atom stereocenters. The largest absolute Gasteiger partial charge is 0.469 e. The zero-order valence-electron chi connectivity index (χ0n) is 10.4. The van der Waals surface area contributed by atoms with Crippen LogP contribution in [0.3, 0.4) is 0 Å². The number of hydrogen-bond donors (Lipinski definition) is 1. The van der Waals surface area contributed by atoms with Crippen molar-refractivity contribution in [3.63, 3.8) is 0 Å². The molecular formula is C13H15NO4. The Hall–Kier alpha value is -2.17. The van der Waals surface area contributed by atoms with Crippen LogP contribution in [0.2, 0.25) is 0 Å². The highest BCUT2D eigenvalue weighted by Crippen LogP contribution is 2.11. The van der Waals surface area contributed by atoms with Crippen molar-refractivity contribution in [1.82, 2.24) is 0 Å². The Morgan fingerprint density at radius 1 is 1.17 bits per heavy atom. The third kappa shape index (κ3) is 4.01. The summed E-state index contributed by atoms with van der Waals surface area (Å²) in [6, 6.07) is 6.38. The van der Waals surface area contributed by atoms with Crippen LogP contribution in [0, 0.1) is 0 Å². The molecule has 0 heterocycles. The molecular weight excluding hydrogens is 234 g/mol. The molecule has 5 nitrogen and oxygen atoms in total. The molecule has 1 rings (SSSR count). The Morgan fingerprint density at radius 3 is 2.28 bits per heavy atom. The Labute approximate surface area is 105 Å². The normalized spacial score (nSPS) is 9.67. The van der Waals surface area contributed by atoms with E-state index in [2.05, 4.69) is 10.1 Å². The molecule has 1 amide bonds. The zero-order valence-corrected chi connectivity index (χ0v) is 10.4. The van der Waals surface area contributed by atoms with E-state index in [1.54, 1.807) is 31.2 Å². The highest BCUT2D eigenvalue weighted by atomic mass is 16.5. The number of ether oxygens (including phenoxy) is 1. The van der Waals surface area contributed by atoms with Crippen molar-refractivity contribution in [2.45, 2.75) is 19.8 Å². The van der Waals surface area contributed by atoms with E-state index in [4.69, 9.17) is 0 Å². The lowest BCUT2D eigenvalue weighted by atomic mass is 10.1. The molecule has 1 aromatic rings. The van der Waals surface area contributed by atoms with Crippen LogP contribution >= 0.6 is 0 Å². The average Bonchev–Trinajstić information content (AvgIpc) is 2.39. The molecule has 0 aliphatic carbocycles. The van der Waals surface area contributed by atoms with E-state index in [1.165, 1.54) is 7.11 Å². The minimum Gasteiger partial charge on any atom is -0.469 e. The summed E-state index contributed by atoms with van der Waals surface area (Å²) in [6.07, 6.45) is 0.111. The van der Waals surface area contributed by atoms with Gasteiger partial charge in [0.2, 0.25) is 5.91 Å². The molecule has 0 saturated carbocycles. The number of ketones is 1. The predicted octanol–water partition coefficient (Wildman–Crippen LogP) is 1.78. The average molecular weight is 249 g/mol. The van der Waals surface area contributed by atoms with Crippen molar-refractivity contribution in [1.29, 1.82) is 0 Å². The van der Waals surface area contributed by atoms with Crippen LogP contribution in [-0.4, -0.2) is 24.8 Å². The van der Waals surface area contributed by atoms with E-state index in [9.17, 15) is 14.4 Å². The monoisotopic (exact) mass is 249 g/mol. The summed E-state index contributed by atoms with van der Waals surface area (Å²) < 4.78 is 4.42. The number of amides is 1. The first-order valence-corrected chi connectivity index (χ1v) is 5.56. The number of benzene rings is 1. The van der Waals surface area contributed by atoms with Crippen LogP contribution in [0.25, 0.3) is 0 Å². The number of carbonyl (C=O) groups excluding carboxylic acids is 3. The molecule has 0 radical (unpaired) electrons. The number of nitrogens with one attached hydrogen (secondary N) is 1. The third-order valence-corrected chi connectivity index (χ3v) is 2.34. The van der Waals surface area contributed by atoms with E-state index < -0.39 is 5.97 Å². The summed E-state index contributed by atoms with van der Waals surface area (Å²) in [4.78, 5) is 33.7. The summed E-state index contributed by atoms with van der Waals surface area (Å²) in [6.45, 7) is 1.75. The first kappa shape index (κ1) is 13.9. The molecule has 0 spiro atoms. The molecule has 1 N–H and O–H groups in total. The van der Waals surface area contributed by atoms with Crippen molar-refractivity contribution in [2.75, 3.05) is 12.4 Å². The lowest BCUT2D eigenvalue weighted by molar-refractivity contribution is -0.139. The fraction of sp³-hybridized carbons (Fsp3) is 0.308.